The normalized spacial score (nSPS) is 11.1. The maximum Gasteiger partial charge on any atom is 0.276 e. The molecule has 1 heterocycles. The Bertz CT molecular complexity index is 1140. The Hall–Kier alpha value is -3.26. The number of anilines is 1. The van der Waals surface area contributed by atoms with Crippen molar-refractivity contribution in [2.45, 2.75) is 11.4 Å². The van der Waals surface area contributed by atoms with Gasteiger partial charge in [0.2, 0.25) is 0 Å². The molecule has 3 aromatic rings. The molecule has 138 valence electrons. The van der Waals surface area contributed by atoms with E-state index in [1.54, 1.807) is 6.07 Å². The average molecular weight is 383 g/mol. The molecule has 0 aliphatic heterocycles. The summed E-state index contributed by atoms with van der Waals surface area (Å²) in [4.78, 5) is 24.6. The summed E-state index contributed by atoms with van der Waals surface area (Å²) >= 11 is 0. The summed E-state index contributed by atoms with van der Waals surface area (Å²) in [6, 6.07) is 17.8. The Morgan fingerprint density at radius 2 is 1.78 bits per heavy atom. The maximum absolute atomic E-state index is 12.5. The lowest BCUT2D eigenvalue weighted by Crippen LogP contribution is -2.26. The van der Waals surface area contributed by atoms with Gasteiger partial charge >= 0.3 is 0 Å². The molecule has 1 amide bonds. The van der Waals surface area contributed by atoms with Gasteiger partial charge in [-0.15, -0.1) is 0 Å². The van der Waals surface area contributed by atoms with Gasteiger partial charge in [0.1, 0.15) is 5.69 Å². The van der Waals surface area contributed by atoms with Crippen LogP contribution in [0.1, 0.15) is 16.1 Å². The highest BCUT2D eigenvalue weighted by Crippen LogP contribution is 2.15. The number of rotatable bonds is 5. The first-order valence-electron chi connectivity index (χ1n) is 8.06. The minimum atomic E-state index is -3.39. The van der Waals surface area contributed by atoms with Crippen LogP contribution in [0.25, 0.3) is 0 Å². The zero-order valence-electron chi connectivity index (χ0n) is 14.5. The number of carbonyl (C=O) groups is 1. The number of carbonyl (C=O) groups excluding carboxylic acids is 1. The summed E-state index contributed by atoms with van der Waals surface area (Å²) in [5.41, 5.74) is 0.931. The number of nitrogens with one attached hydrogen (secondary N) is 1. The third kappa shape index (κ3) is 4.68. The van der Waals surface area contributed by atoms with Crippen molar-refractivity contribution in [2.24, 2.45) is 0 Å². The van der Waals surface area contributed by atoms with E-state index in [1.807, 2.05) is 30.3 Å². The van der Waals surface area contributed by atoms with Crippen LogP contribution in [0.4, 0.5) is 5.69 Å². The summed E-state index contributed by atoms with van der Waals surface area (Å²) in [6.45, 7) is 0.240. The number of nitrogens with zero attached hydrogens (tertiary/aromatic N) is 2. The smallest absolute Gasteiger partial charge is 0.276 e. The van der Waals surface area contributed by atoms with Crippen molar-refractivity contribution in [1.29, 1.82) is 0 Å². The number of hydrogen-bond acceptors (Lipinski definition) is 5. The highest BCUT2D eigenvalue weighted by atomic mass is 32.2. The summed E-state index contributed by atoms with van der Waals surface area (Å²) in [6.07, 6.45) is 1.09. The van der Waals surface area contributed by atoms with E-state index in [9.17, 15) is 18.0 Å². The van der Waals surface area contributed by atoms with Crippen LogP contribution in [-0.4, -0.2) is 30.4 Å². The van der Waals surface area contributed by atoms with Crippen LogP contribution in [0.3, 0.4) is 0 Å². The Kier molecular flexibility index (Phi) is 5.18. The largest absolute Gasteiger partial charge is 0.321 e. The molecule has 8 heteroatoms. The van der Waals surface area contributed by atoms with Gasteiger partial charge in [0.15, 0.2) is 9.84 Å². The highest BCUT2D eigenvalue weighted by Gasteiger charge is 2.12. The zero-order chi connectivity index (χ0) is 19.4. The topological polar surface area (TPSA) is 98.1 Å². The van der Waals surface area contributed by atoms with Crippen molar-refractivity contribution in [2.75, 3.05) is 11.6 Å². The van der Waals surface area contributed by atoms with E-state index in [0.717, 1.165) is 11.8 Å². The van der Waals surface area contributed by atoms with Gasteiger partial charge in [0.25, 0.3) is 11.5 Å². The van der Waals surface area contributed by atoms with Gasteiger partial charge in [0.05, 0.1) is 11.4 Å². The molecule has 0 fully saturated rings. The van der Waals surface area contributed by atoms with E-state index in [0.29, 0.717) is 5.69 Å². The highest BCUT2D eigenvalue weighted by molar-refractivity contribution is 7.90. The number of aromatic nitrogens is 2. The second-order valence-electron chi connectivity index (χ2n) is 5.95. The standard InChI is InChI=1S/C19H17N3O4S/c1-27(25,26)16-9-5-8-15(12-16)20-19(24)17-10-11-18(23)22(21-17)13-14-6-3-2-4-7-14/h2-12H,13H2,1H3,(H,20,24). The molecule has 0 aliphatic carbocycles. The molecule has 1 aromatic heterocycles. The fraction of sp³-hybridized carbons (Fsp3) is 0.105. The predicted molar refractivity (Wildman–Crippen MR) is 102 cm³/mol. The van der Waals surface area contributed by atoms with Crippen molar-refractivity contribution in [3.63, 3.8) is 0 Å². The van der Waals surface area contributed by atoms with Gasteiger partial charge in [0, 0.05) is 18.0 Å². The van der Waals surface area contributed by atoms with Crippen LogP contribution >= 0.6 is 0 Å². The maximum atomic E-state index is 12.5. The lowest BCUT2D eigenvalue weighted by atomic mass is 10.2. The van der Waals surface area contributed by atoms with Crippen molar-refractivity contribution in [3.05, 3.63) is 88.3 Å². The predicted octanol–water partition coefficient (Wildman–Crippen LogP) is 1.95. The van der Waals surface area contributed by atoms with Crippen LogP contribution < -0.4 is 10.9 Å². The SMILES string of the molecule is CS(=O)(=O)c1cccc(NC(=O)c2ccc(=O)n(Cc3ccccc3)n2)c1. The monoisotopic (exact) mass is 383 g/mol. The van der Waals surface area contributed by atoms with Crippen LogP contribution in [0.5, 0.6) is 0 Å². The van der Waals surface area contributed by atoms with Crippen LogP contribution in [-0.2, 0) is 16.4 Å². The molecule has 0 unspecified atom stereocenters. The summed E-state index contributed by atoms with van der Waals surface area (Å²) in [5.74, 6) is -0.539. The molecule has 2 aromatic carbocycles. The molecule has 0 bridgehead atoms. The van der Waals surface area contributed by atoms with E-state index < -0.39 is 15.7 Å². The molecule has 27 heavy (non-hydrogen) atoms. The number of hydrogen-bond donors (Lipinski definition) is 1. The lowest BCUT2D eigenvalue weighted by molar-refractivity contribution is 0.102. The van der Waals surface area contributed by atoms with Gasteiger partial charge in [-0.2, -0.15) is 5.10 Å². The van der Waals surface area contributed by atoms with Gasteiger partial charge in [-0.1, -0.05) is 36.4 Å². The molecule has 1 N–H and O–H groups in total. The molecular weight excluding hydrogens is 366 g/mol. The number of amides is 1. The van der Waals surface area contributed by atoms with Crippen molar-refractivity contribution in [3.8, 4) is 0 Å². The van der Waals surface area contributed by atoms with Crippen LogP contribution in [0.2, 0.25) is 0 Å². The molecule has 0 saturated carbocycles. The first-order valence-corrected chi connectivity index (χ1v) is 9.96. The van der Waals surface area contributed by atoms with Gasteiger partial charge in [-0.25, -0.2) is 13.1 Å². The van der Waals surface area contributed by atoms with E-state index in [4.69, 9.17) is 0 Å². The number of sulfone groups is 1. The second kappa shape index (κ2) is 7.55. The molecule has 0 radical (unpaired) electrons. The number of benzene rings is 2. The average Bonchev–Trinajstić information content (AvgIpc) is 2.64. The zero-order valence-corrected chi connectivity index (χ0v) is 15.3. The molecule has 0 atom stereocenters. The Balaban J connectivity index is 1.83. The van der Waals surface area contributed by atoms with Crippen molar-refractivity contribution < 1.29 is 13.2 Å². The Morgan fingerprint density at radius 1 is 1.04 bits per heavy atom. The van der Waals surface area contributed by atoms with Gasteiger partial charge < -0.3 is 5.32 Å². The fourth-order valence-corrected chi connectivity index (χ4v) is 3.11. The molecule has 0 aliphatic rings. The first-order chi connectivity index (χ1) is 12.8. The summed E-state index contributed by atoms with van der Waals surface area (Å²) in [5, 5.41) is 6.71. The molecule has 3 rings (SSSR count). The van der Waals surface area contributed by atoms with Crippen molar-refractivity contribution in [1.82, 2.24) is 9.78 Å². The van der Waals surface area contributed by atoms with Gasteiger partial charge in [-0.3, -0.25) is 9.59 Å². The lowest BCUT2D eigenvalue weighted by Gasteiger charge is -2.09. The third-order valence-corrected chi connectivity index (χ3v) is 4.90. The summed E-state index contributed by atoms with van der Waals surface area (Å²) in [7, 11) is -3.39. The van der Waals surface area contributed by atoms with Crippen LogP contribution in [0.15, 0.2) is 76.4 Å². The van der Waals surface area contributed by atoms with E-state index in [-0.39, 0.29) is 22.7 Å². The second-order valence-corrected chi connectivity index (χ2v) is 7.97. The van der Waals surface area contributed by atoms with Crippen LogP contribution in [0, 0.1) is 0 Å². The van der Waals surface area contributed by atoms with E-state index >= 15 is 0 Å². The minimum Gasteiger partial charge on any atom is -0.321 e. The minimum absolute atomic E-state index is 0.0512. The molecule has 0 saturated heterocycles. The van der Waals surface area contributed by atoms with E-state index in [2.05, 4.69) is 10.4 Å². The van der Waals surface area contributed by atoms with Gasteiger partial charge in [-0.05, 0) is 29.8 Å². The Labute approximate surface area is 156 Å². The summed E-state index contributed by atoms with van der Waals surface area (Å²) < 4.78 is 24.5. The quantitative estimate of drug-likeness (QED) is 0.726. The first kappa shape index (κ1) is 18.5. The Morgan fingerprint density at radius 3 is 2.48 bits per heavy atom. The molecular formula is C19H17N3O4S. The van der Waals surface area contributed by atoms with E-state index in [1.165, 1.54) is 35.0 Å². The van der Waals surface area contributed by atoms with Crippen molar-refractivity contribution >= 4 is 21.4 Å². The third-order valence-electron chi connectivity index (χ3n) is 3.79. The fourth-order valence-electron chi connectivity index (χ4n) is 2.44. The molecule has 7 nitrogen and oxygen atoms in total. The molecule has 0 spiro atoms.